The second-order valence-corrected chi connectivity index (χ2v) is 6.80. The van der Waals surface area contributed by atoms with E-state index in [9.17, 15) is 9.59 Å². The fraction of sp³-hybridized carbons (Fsp3) is 0.150. The zero-order chi connectivity index (χ0) is 22.0. The Labute approximate surface area is 176 Å². The van der Waals surface area contributed by atoms with Gasteiger partial charge in [0.25, 0.3) is 11.8 Å². The van der Waals surface area contributed by atoms with Crippen LogP contribution < -0.4 is 10.1 Å². The highest BCUT2D eigenvalue weighted by Gasteiger charge is 2.16. The van der Waals surface area contributed by atoms with Crippen molar-refractivity contribution in [2.75, 3.05) is 19.4 Å². The number of benzene rings is 1. The minimum atomic E-state index is -0.393. The predicted molar refractivity (Wildman–Crippen MR) is 111 cm³/mol. The molecule has 4 rings (SSSR count). The van der Waals surface area contributed by atoms with E-state index >= 15 is 0 Å². The van der Waals surface area contributed by atoms with Crippen LogP contribution in [0.15, 0.2) is 49.3 Å². The number of nitrogens with one attached hydrogen (secondary N) is 1. The SMILES string of the molecule is CN(C)C(=O)c1cnc(Oc2cc(C(=O)Nc3cnccn3)cc3nn(C)cc23)cn1. The van der Waals surface area contributed by atoms with Gasteiger partial charge in [0.2, 0.25) is 5.88 Å². The first-order chi connectivity index (χ1) is 14.9. The van der Waals surface area contributed by atoms with Crippen molar-refractivity contribution in [1.82, 2.24) is 34.6 Å². The molecule has 0 aliphatic rings. The second kappa shape index (κ2) is 8.14. The predicted octanol–water partition coefficient (Wildman–Crippen LogP) is 1.90. The molecule has 0 aliphatic heterocycles. The molecule has 156 valence electrons. The number of fused-ring (bicyclic) bond motifs is 1. The van der Waals surface area contributed by atoms with E-state index in [4.69, 9.17) is 4.74 Å². The van der Waals surface area contributed by atoms with E-state index in [0.29, 0.717) is 28.0 Å². The second-order valence-electron chi connectivity index (χ2n) is 6.80. The first-order valence-electron chi connectivity index (χ1n) is 9.17. The molecule has 0 atom stereocenters. The van der Waals surface area contributed by atoms with Crippen molar-refractivity contribution in [2.45, 2.75) is 0 Å². The summed E-state index contributed by atoms with van der Waals surface area (Å²) in [5.41, 5.74) is 1.08. The zero-order valence-corrected chi connectivity index (χ0v) is 17.0. The maximum atomic E-state index is 12.7. The molecule has 0 bridgehead atoms. The largest absolute Gasteiger partial charge is 0.437 e. The summed E-state index contributed by atoms with van der Waals surface area (Å²) in [6.07, 6.45) is 8.90. The maximum absolute atomic E-state index is 12.7. The topological polar surface area (TPSA) is 128 Å². The van der Waals surface area contributed by atoms with Crippen LogP contribution >= 0.6 is 0 Å². The number of hydrogen-bond donors (Lipinski definition) is 1. The van der Waals surface area contributed by atoms with E-state index in [0.717, 1.165) is 0 Å². The molecule has 31 heavy (non-hydrogen) atoms. The Balaban J connectivity index is 1.65. The van der Waals surface area contributed by atoms with Crippen molar-refractivity contribution in [1.29, 1.82) is 0 Å². The molecule has 0 aliphatic carbocycles. The van der Waals surface area contributed by atoms with Gasteiger partial charge >= 0.3 is 0 Å². The molecule has 0 fully saturated rings. The number of amides is 2. The van der Waals surface area contributed by atoms with Crippen LogP contribution in [0.25, 0.3) is 10.9 Å². The molecule has 0 spiro atoms. The van der Waals surface area contributed by atoms with Crippen LogP contribution in [0.2, 0.25) is 0 Å². The highest BCUT2D eigenvalue weighted by atomic mass is 16.5. The van der Waals surface area contributed by atoms with Crippen molar-refractivity contribution in [3.05, 3.63) is 60.6 Å². The number of anilines is 1. The van der Waals surface area contributed by atoms with Crippen molar-refractivity contribution >= 4 is 28.5 Å². The highest BCUT2D eigenvalue weighted by Crippen LogP contribution is 2.30. The molecule has 0 saturated heterocycles. The molecular weight excluding hydrogens is 400 g/mol. The third-order valence-corrected chi connectivity index (χ3v) is 4.24. The summed E-state index contributed by atoms with van der Waals surface area (Å²) in [6.45, 7) is 0. The molecule has 2 amide bonds. The Kier molecular flexibility index (Phi) is 5.22. The van der Waals surface area contributed by atoms with E-state index in [1.165, 1.54) is 35.9 Å². The molecular formula is C20H18N8O3. The molecule has 1 aromatic carbocycles. The Hall–Kier alpha value is -4.41. The number of rotatable bonds is 5. The summed E-state index contributed by atoms with van der Waals surface area (Å²) in [6, 6.07) is 3.23. The van der Waals surface area contributed by atoms with Crippen molar-refractivity contribution in [3.8, 4) is 11.6 Å². The normalized spacial score (nSPS) is 10.7. The van der Waals surface area contributed by atoms with Crippen molar-refractivity contribution in [3.63, 3.8) is 0 Å². The lowest BCUT2D eigenvalue weighted by molar-refractivity contribution is 0.0821. The standard InChI is InChI=1S/C20H18N8O3/c1-27(2)20(30)15-8-24-18(10-23-15)31-16-7-12(6-14-13(16)11-28(3)26-14)19(29)25-17-9-21-4-5-22-17/h4-11H,1-3H3,(H,22,25,29). The Morgan fingerprint density at radius 1 is 1.06 bits per heavy atom. The Bertz CT molecular complexity index is 1250. The molecule has 0 saturated carbocycles. The van der Waals surface area contributed by atoms with Crippen LogP contribution in [0.3, 0.4) is 0 Å². The molecule has 3 aromatic heterocycles. The number of nitrogens with zero attached hydrogens (tertiary/aromatic N) is 7. The van der Waals surface area contributed by atoms with Gasteiger partial charge in [0.05, 0.1) is 29.5 Å². The lowest BCUT2D eigenvalue weighted by Crippen LogP contribution is -2.22. The number of ether oxygens (including phenoxy) is 1. The lowest BCUT2D eigenvalue weighted by Gasteiger charge is -2.10. The van der Waals surface area contributed by atoms with Gasteiger partial charge in [0.15, 0.2) is 5.82 Å². The Morgan fingerprint density at radius 3 is 2.58 bits per heavy atom. The summed E-state index contributed by atoms with van der Waals surface area (Å²) in [5, 5.41) is 7.73. The number of carbonyl (C=O) groups is 2. The van der Waals surface area contributed by atoms with Crippen LogP contribution in [0.4, 0.5) is 5.82 Å². The molecule has 1 N–H and O–H groups in total. The first kappa shape index (κ1) is 19.9. The van der Waals surface area contributed by atoms with E-state index in [-0.39, 0.29) is 17.5 Å². The number of aromatic nitrogens is 6. The van der Waals surface area contributed by atoms with Crippen molar-refractivity contribution < 1.29 is 14.3 Å². The number of aryl methyl sites for hydroxylation is 1. The molecule has 0 radical (unpaired) electrons. The van der Waals surface area contributed by atoms with Gasteiger partial charge in [0, 0.05) is 45.3 Å². The van der Waals surface area contributed by atoms with Gasteiger partial charge in [-0.05, 0) is 12.1 Å². The fourth-order valence-electron chi connectivity index (χ4n) is 2.80. The Morgan fingerprint density at radius 2 is 1.90 bits per heavy atom. The third kappa shape index (κ3) is 4.29. The number of carbonyl (C=O) groups excluding carboxylic acids is 2. The van der Waals surface area contributed by atoms with E-state index < -0.39 is 5.91 Å². The molecule has 4 aromatic rings. The highest BCUT2D eigenvalue weighted by molar-refractivity contribution is 6.06. The maximum Gasteiger partial charge on any atom is 0.273 e. The summed E-state index contributed by atoms with van der Waals surface area (Å²) in [4.78, 5) is 42.3. The van der Waals surface area contributed by atoms with Gasteiger partial charge in [-0.3, -0.25) is 19.3 Å². The van der Waals surface area contributed by atoms with E-state index in [1.54, 1.807) is 44.2 Å². The van der Waals surface area contributed by atoms with Crippen LogP contribution in [-0.2, 0) is 7.05 Å². The van der Waals surface area contributed by atoms with E-state index in [1.807, 2.05) is 0 Å². The summed E-state index contributed by atoms with van der Waals surface area (Å²) in [5.74, 6) is 0.207. The quantitative estimate of drug-likeness (QED) is 0.520. The van der Waals surface area contributed by atoms with Crippen LogP contribution in [0.1, 0.15) is 20.8 Å². The number of hydrogen-bond acceptors (Lipinski definition) is 8. The van der Waals surface area contributed by atoms with Gasteiger partial charge in [-0.15, -0.1) is 0 Å². The molecule has 11 nitrogen and oxygen atoms in total. The van der Waals surface area contributed by atoms with Gasteiger partial charge in [-0.25, -0.2) is 15.0 Å². The van der Waals surface area contributed by atoms with Gasteiger partial charge in [0.1, 0.15) is 11.4 Å². The van der Waals surface area contributed by atoms with Gasteiger partial charge in [-0.2, -0.15) is 5.10 Å². The minimum Gasteiger partial charge on any atom is -0.437 e. The zero-order valence-electron chi connectivity index (χ0n) is 17.0. The van der Waals surface area contributed by atoms with Gasteiger partial charge in [-0.1, -0.05) is 0 Å². The summed E-state index contributed by atoms with van der Waals surface area (Å²) < 4.78 is 7.50. The van der Waals surface area contributed by atoms with E-state index in [2.05, 4.69) is 30.4 Å². The monoisotopic (exact) mass is 418 g/mol. The summed E-state index contributed by atoms with van der Waals surface area (Å²) in [7, 11) is 5.03. The van der Waals surface area contributed by atoms with Crippen molar-refractivity contribution in [2.24, 2.45) is 7.05 Å². The molecule has 0 unspecified atom stereocenters. The van der Waals surface area contributed by atoms with Crippen LogP contribution in [0, 0.1) is 0 Å². The minimum absolute atomic E-state index is 0.173. The first-order valence-corrected chi connectivity index (χ1v) is 9.17. The van der Waals surface area contributed by atoms with Crippen LogP contribution in [-0.4, -0.2) is 60.5 Å². The molecule has 3 heterocycles. The average Bonchev–Trinajstić information content (AvgIpc) is 3.15. The lowest BCUT2D eigenvalue weighted by atomic mass is 10.1. The molecule has 11 heteroatoms. The average molecular weight is 418 g/mol. The van der Waals surface area contributed by atoms with Gasteiger partial charge < -0.3 is 15.0 Å². The smallest absolute Gasteiger partial charge is 0.273 e. The summed E-state index contributed by atoms with van der Waals surface area (Å²) >= 11 is 0. The fourth-order valence-corrected chi connectivity index (χ4v) is 2.80. The van der Waals surface area contributed by atoms with Crippen LogP contribution in [0.5, 0.6) is 11.6 Å². The third-order valence-electron chi connectivity index (χ3n) is 4.24.